The molecule has 2 atom stereocenters. The average Bonchev–Trinajstić information content (AvgIpc) is 3.30. The van der Waals surface area contributed by atoms with Crippen LogP contribution in [-0.2, 0) is 12.1 Å². The summed E-state index contributed by atoms with van der Waals surface area (Å²) in [6.45, 7) is 2.08. The van der Waals surface area contributed by atoms with Gasteiger partial charge in [0.15, 0.2) is 11.5 Å². The van der Waals surface area contributed by atoms with Crippen molar-refractivity contribution < 1.29 is 19.4 Å². The maximum atomic E-state index is 13.0. The van der Waals surface area contributed by atoms with E-state index >= 15 is 0 Å². The minimum Gasteiger partial charge on any atom is -0.454 e. The topological polar surface area (TPSA) is 83.9 Å². The van der Waals surface area contributed by atoms with Gasteiger partial charge in [0.25, 0.3) is 5.91 Å². The van der Waals surface area contributed by atoms with Crippen LogP contribution in [0.15, 0.2) is 73.1 Å². The first-order chi connectivity index (χ1) is 15.6. The van der Waals surface area contributed by atoms with Crippen LogP contribution in [0.3, 0.4) is 0 Å². The fourth-order valence-electron chi connectivity index (χ4n) is 4.50. The molecule has 0 saturated carbocycles. The molecular formula is C25H25N3O4. The molecule has 2 aromatic carbocycles. The van der Waals surface area contributed by atoms with E-state index in [2.05, 4.69) is 15.2 Å². The number of fused-ring (bicyclic) bond motifs is 1. The maximum absolute atomic E-state index is 13.0. The number of nitrogens with zero attached hydrogens (tertiary/aromatic N) is 2. The number of amides is 1. The molecule has 0 aliphatic carbocycles. The Morgan fingerprint density at radius 1 is 1.09 bits per heavy atom. The summed E-state index contributed by atoms with van der Waals surface area (Å²) in [5, 5.41) is 14.5. The Bertz CT molecular complexity index is 1090. The predicted octanol–water partition coefficient (Wildman–Crippen LogP) is 2.70. The lowest BCUT2D eigenvalue weighted by Crippen LogP contribution is -2.61. The van der Waals surface area contributed by atoms with Crippen molar-refractivity contribution in [3.8, 4) is 11.5 Å². The molecule has 2 N–H and O–H groups in total. The highest BCUT2D eigenvalue weighted by Gasteiger charge is 2.45. The fraction of sp³-hybridized carbons (Fsp3) is 0.280. The first-order valence-electron chi connectivity index (χ1n) is 10.7. The van der Waals surface area contributed by atoms with Crippen LogP contribution in [0, 0.1) is 0 Å². The third kappa shape index (κ3) is 3.92. The maximum Gasteiger partial charge on any atom is 0.252 e. The molecule has 1 fully saturated rings. The van der Waals surface area contributed by atoms with Gasteiger partial charge in [-0.1, -0.05) is 36.4 Å². The smallest absolute Gasteiger partial charge is 0.252 e. The van der Waals surface area contributed by atoms with E-state index in [-0.39, 0.29) is 12.7 Å². The molecule has 164 valence electrons. The van der Waals surface area contributed by atoms with E-state index in [9.17, 15) is 9.90 Å². The van der Waals surface area contributed by atoms with Gasteiger partial charge in [-0.3, -0.25) is 14.7 Å². The van der Waals surface area contributed by atoms with E-state index in [1.807, 2.05) is 48.5 Å². The fourth-order valence-corrected chi connectivity index (χ4v) is 4.50. The summed E-state index contributed by atoms with van der Waals surface area (Å²) in [5.74, 6) is 1.29. The summed E-state index contributed by atoms with van der Waals surface area (Å²) >= 11 is 0. The van der Waals surface area contributed by atoms with Crippen LogP contribution in [0.5, 0.6) is 11.5 Å². The number of carbonyl (C=O) groups is 1. The first kappa shape index (κ1) is 20.5. The summed E-state index contributed by atoms with van der Waals surface area (Å²) in [7, 11) is 0. The van der Waals surface area contributed by atoms with Crippen molar-refractivity contribution in [3.05, 3.63) is 89.7 Å². The van der Waals surface area contributed by atoms with Gasteiger partial charge in [-0.15, -0.1) is 0 Å². The summed E-state index contributed by atoms with van der Waals surface area (Å²) in [5.41, 5.74) is 1.64. The van der Waals surface area contributed by atoms with Gasteiger partial charge in [0.2, 0.25) is 6.79 Å². The molecule has 3 heterocycles. The van der Waals surface area contributed by atoms with Crippen LogP contribution in [0.25, 0.3) is 0 Å². The SMILES string of the molecule is O=C(N[C@@]1(c2ccccc2)CCN(Cc2ccc3c(c2)OCO3)C[C@H]1O)c1ccncc1. The lowest BCUT2D eigenvalue weighted by Gasteiger charge is -2.46. The Morgan fingerprint density at radius 3 is 2.66 bits per heavy atom. The van der Waals surface area contributed by atoms with Gasteiger partial charge in [0.05, 0.1) is 11.6 Å². The van der Waals surface area contributed by atoms with Gasteiger partial charge < -0.3 is 19.9 Å². The van der Waals surface area contributed by atoms with Crippen molar-refractivity contribution in [1.29, 1.82) is 0 Å². The number of carbonyl (C=O) groups excluding carboxylic acids is 1. The molecular weight excluding hydrogens is 406 g/mol. The average molecular weight is 431 g/mol. The highest BCUT2D eigenvalue weighted by Crippen LogP contribution is 2.36. The summed E-state index contributed by atoms with van der Waals surface area (Å²) < 4.78 is 10.9. The molecule has 32 heavy (non-hydrogen) atoms. The molecule has 0 radical (unpaired) electrons. The molecule has 1 saturated heterocycles. The molecule has 1 aromatic heterocycles. The minimum absolute atomic E-state index is 0.223. The van der Waals surface area contributed by atoms with Crippen molar-refractivity contribution in [1.82, 2.24) is 15.2 Å². The Kier molecular flexibility index (Phi) is 5.51. The van der Waals surface area contributed by atoms with Crippen molar-refractivity contribution in [2.75, 3.05) is 19.9 Å². The Morgan fingerprint density at radius 2 is 1.88 bits per heavy atom. The van der Waals surface area contributed by atoms with E-state index in [0.29, 0.717) is 25.1 Å². The third-order valence-corrected chi connectivity index (χ3v) is 6.23. The zero-order valence-electron chi connectivity index (χ0n) is 17.6. The number of hydrogen-bond donors (Lipinski definition) is 2. The number of aliphatic hydroxyl groups excluding tert-OH is 1. The monoisotopic (exact) mass is 431 g/mol. The first-order valence-corrected chi connectivity index (χ1v) is 10.7. The Hall–Kier alpha value is -3.42. The number of piperidine rings is 1. The van der Waals surface area contributed by atoms with Crippen LogP contribution >= 0.6 is 0 Å². The number of hydrogen-bond acceptors (Lipinski definition) is 6. The number of nitrogens with one attached hydrogen (secondary N) is 1. The summed E-state index contributed by atoms with van der Waals surface area (Å²) in [6, 6.07) is 19.0. The highest BCUT2D eigenvalue weighted by molar-refractivity contribution is 5.94. The van der Waals surface area contributed by atoms with E-state index in [1.165, 1.54) is 0 Å². The van der Waals surface area contributed by atoms with Crippen molar-refractivity contribution in [3.63, 3.8) is 0 Å². The van der Waals surface area contributed by atoms with Crippen LogP contribution in [0.2, 0.25) is 0 Å². The summed E-state index contributed by atoms with van der Waals surface area (Å²) in [4.78, 5) is 19.2. The number of aliphatic hydroxyl groups is 1. The molecule has 1 amide bonds. The minimum atomic E-state index is -0.868. The zero-order chi connectivity index (χ0) is 22.0. The van der Waals surface area contributed by atoms with Gasteiger partial charge in [0.1, 0.15) is 0 Å². The molecule has 0 unspecified atom stereocenters. The summed E-state index contributed by atoms with van der Waals surface area (Å²) in [6.07, 6.45) is 2.99. The number of rotatable bonds is 5. The highest BCUT2D eigenvalue weighted by atomic mass is 16.7. The molecule has 0 spiro atoms. The quantitative estimate of drug-likeness (QED) is 0.646. The number of aromatic nitrogens is 1. The van der Waals surface area contributed by atoms with E-state index in [1.54, 1.807) is 24.5 Å². The second-order valence-corrected chi connectivity index (χ2v) is 8.22. The zero-order valence-corrected chi connectivity index (χ0v) is 17.6. The van der Waals surface area contributed by atoms with Crippen LogP contribution in [0.4, 0.5) is 0 Å². The molecule has 2 aliphatic rings. The molecule has 5 rings (SSSR count). The number of ether oxygens (including phenoxy) is 2. The molecule has 7 nitrogen and oxygen atoms in total. The number of likely N-dealkylation sites (tertiary alicyclic amines) is 1. The predicted molar refractivity (Wildman–Crippen MR) is 118 cm³/mol. The molecule has 3 aromatic rings. The molecule has 7 heteroatoms. The molecule has 2 aliphatic heterocycles. The Balaban J connectivity index is 1.36. The number of pyridine rings is 1. The van der Waals surface area contributed by atoms with E-state index in [4.69, 9.17) is 9.47 Å². The van der Waals surface area contributed by atoms with Gasteiger partial charge in [0, 0.05) is 37.6 Å². The largest absolute Gasteiger partial charge is 0.454 e. The normalized spacial score (nSPS) is 22.5. The van der Waals surface area contributed by atoms with Gasteiger partial charge in [-0.2, -0.15) is 0 Å². The molecule has 0 bridgehead atoms. The van der Waals surface area contributed by atoms with Crippen LogP contribution in [0.1, 0.15) is 27.9 Å². The second-order valence-electron chi connectivity index (χ2n) is 8.22. The van der Waals surface area contributed by atoms with Crippen LogP contribution < -0.4 is 14.8 Å². The van der Waals surface area contributed by atoms with Crippen LogP contribution in [-0.4, -0.2) is 46.9 Å². The number of β-amino-alcohol motifs (C(OH)–C–C–N with tert-alkyl or cyclic N) is 1. The van der Waals surface area contributed by atoms with E-state index < -0.39 is 11.6 Å². The standard InChI is InChI=1S/C25H25N3O4/c29-23-16-28(15-18-6-7-21-22(14-18)32-17-31-21)13-10-25(23,20-4-2-1-3-5-20)27-24(30)19-8-11-26-12-9-19/h1-9,11-12,14,23,29H,10,13,15-17H2,(H,27,30)/t23-,25-/m1/s1. The van der Waals surface area contributed by atoms with Gasteiger partial charge in [-0.05, 0) is 41.8 Å². The van der Waals surface area contributed by atoms with Crippen molar-refractivity contribution >= 4 is 5.91 Å². The van der Waals surface area contributed by atoms with Crippen molar-refractivity contribution in [2.24, 2.45) is 0 Å². The number of benzene rings is 2. The van der Waals surface area contributed by atoms with E-state index in [0.717, 1.165) is 29.2 Å². The van der Waals surface area contributed by atoms with Gasteiger partial charge >= 0.3 is 0 Å². The van der Waals surface area contributed by atoms with Gasteiger partial charge in [-0.25, -0.2) is 0 Å². The Labute approximate surface area is 186 Å². The lowest BCUT2D eigenvalue weighted by molar-refractivity contribution is -0.0181. The lowest BCUT2D eigenvalue weighted by atomic mass is 9.78. The second kappa shape index (κ2) is 8.61. The third-order valence-electron chi connectivity index (χ3n) is 6.23. The van der Waals surface area contributed by atoms with Crippen molar-refractivity contribution in [2.45, 2.75) is 24.6 Å².